The molecule has 0 aliphatic carbocycles. The zero-order valence-corrected chi connectivity index (χ0v) is 14.6. The van der Waals surface area contributed by atoms with Gasteiger partial charge < -0.3 is 9.57 Å². The van der Waals surface area contributed by atoms with Crippen molar-refractivity contribution in [3.8, 4) is 0 Å². The van der Waals surface area contributed by atoms with E-state index in [-0.39, 0.29) is 0 Å². The largest absolute Gasteiger partial charge is 0.452 e. The van der Waals surface area contributed by atoms with E-state index in [0.717, 1.165) is 16.8 Å². The summed E-state index contributed by atoms with van der Waals surface area (Å²) in [6.45, 7) is 2.01. The second-order valence-corrected chi connectivity index (χ2v) is 6.25. The summed E-state index contributed by atoms with van der Waals surface area (Å²) in [5.41, 5.74) is 7.88. The number of rotatable bonds is 4. The fourth-order valence-corrected chi connectivity index (χ4v) is 2.77. The molecular formula is C18H18ClN3O3. The Morgan fingerprint density at radius 3 is 2.76 bits per heavy atom. The van der Waals surface area contributed by atoms with E-state index in [4.69, 9.17) is 16.4 Å². The Kier molecular flexibility index (Phi) is 4.81. The molecule has 3 rings (SSSR count). The molecule has 2 N–H and O–H groups in total. The van der Waals surface area contributed by atoms with Crippen molar-refractivity contribution in [3.63, 3.8) is 0 Å². The first-order chi connectivity index (χ1) is 12.0. The Balaban J connectivity index is 1.78. The zero-order chi connectivity index (χ0) is 17.9. The number of methoxy groups -OCH3 is 1. The van der Waals surface area contributed by atoms with Gasteiger partial charge in [-0.25, -0.2) is 10.2 Å². The highest BCUT2D eigenvalue weighted by atomic mass is 35.5. The van der Waals surface area contributed by atoms with Crippen molar-refractivity contribution in [1.82, 2.24) is 5.43 Å². The number of oxime groups is 1. The van der Waals surface area contributed by atoms with Crippen LogP contribution >= 0.6 is 11.6 Å². The lowest BCUT2D eigenvalue weighted by Crippen LogP contribution is -2.29. The van der Waals surface area contributed by atoms with Crippen LogP contribution in [0.25, 0.3) is 0 Å². The van der Waals surface area contributed by atoms with Gasteiger partial charge in [0.25, 0.3) is 0 Å². The third-order valence-corrected chi connectivity index (χ3v) is 4.36. The minimum atomic E-state index is -0.611. The van der Waals surface area contributed by atoms with E-state index in [1.807, 2.05) is 43.3 Å². The summed E-state index contributed by atoms with van der Waals surface area (Å²) in [7, 11) is 1.28. The number of hydrogen-bond donors (Lipinski definition) is 2. The van der Waals surface area contributed by atoms with Crippen molar-refractivity contribution in [2.75, 3.05) is 12.5 Å². The van der Waals surface area contributed by atoms with Gasteiger partial charge in [0.2, 0.25) is 0 Å². The van der Waals surface area contributed by atoms with Crippen molar-refractivity contribution >= 4 is 29.1 Å². The molecule has 2 aromatic rings. The average Bonchev–Trinajstić information content (AvgIpc) is 3.05. The van der Waals surface area contributed by atoms with E-state index < -0.39 is 11.7 Å². The molecule has 0 bridgehead atoms. The quantitative estimate of drug-likeness (QED) is 0.807. The van der Waals surface area contributed by atoms with Crippen LogP contribution < -0.4 is 10.9 Å². The highest BCUT2D eigenvalue weighted by Crippen LogP contribution is 2.36. The normalized spacial score (nSPS) is 18.9. The number of nitrogens with zero attached hydrogens (tertiary/aromatic N) is 1. The molecule has 0 saturated heterocycles. The summed E-state index contributed by atoms with van der Waals surface area (Å²) in [6.07, 6.45) is 0.0161. The van der Waals surface area contributed by atoms with Gasteiger partial charge in [0.05, 0.1) is 23.5 Å². The number of nitrogens with one attached hydrogen (secondary N) is 2. The van der Waals surface area contributed by atoms with Gasteiger partial charge in [0.1, 0.15) is 0 Å². The zero-order valence-electron chi connectivity index (χ0n) is 13.9. The van der Waals surface area contributed by atoms with Gasteiger partial charge in [-0.1, -0.05) is 53.2 Å². The lowest BCUT2D eigenvalue weighted by molar-refractivity contribution is -0.00738. The molecule has 0 radical (unpaired) electrons. The Hall–Kier alpha value is -2.73. The number of hydrazine groups is 1. The second kappa shape index (κ2) is 7.03. The van der Waals surface area contributed by atoms with E-state index in [0.29, 0.717) is 17.1 Å². The molecule has 6 nitrogen and oxygen atoms in total. The van der Waals surface area contributed by atoms with Crippen LogP contribution in [0.3, 0.4) is 0 Å². The maximum atomic E-state index is 11.2. The summed E-state index contributed by atoms with van der Waals surface area (Å²) in [5, 5.41) is 4.71. The van der Waals surface area contributed by atoms with Crippen LogP contribution in [0.15, 0.2) is 53.7 Å². The number of amides is 1. The molecule has 7 heteroatoms. The minimum absolute atomic E-state index is 0.463. The molecule has 1 unspecified atom stereocenters. The van der Waals surface area contributed by atoms with Crippen molar-refractivity contribution in [2.45, 2.75) is 18.9 Å². The maximum absolute atomic E-state index is 11.2. The van der Waals surface area contributed by atoms with E-state index in [2.05, 4.69) is 20.7 Å². The van der Waals surface area contributed by atoms with Crippen molar-refractivity contribution in [1.29, 1.82) is 0 Å². The summed E-state index contributed by atoms with van der Waals surface area (Å²) in [5.74, 6) is 0. The maximum Gasteiger partial charge on any atom is 0.425 e. The van der Waals surface area contributed by atoms with Crippen molar-refractivity contribution in [2.24, 2.45) is 5.16 Å². The molecule has 25 heavy (non-hydrogen) atoms. The molecule has 1 heterocycles. The van der Waals surface area contributed by atoms with Crippen LogP contribution in [0.2, 0.25) is 5.02 Å². The fourth-order valence-electron chi connectivity index (χ4n) is 2.61. The van der Waals surface area contributed by atoms with Crippen molar-refractivity contribution in [3.05, 3.63) is 64.7 Å². The van der Waals surface area contributed by atoms with Gasteiger partial charge in [-0.05, 0) is 24.6 Å². The number of carbonyl (C=O) groups excluding carboxylic acids is 1. The molecule has 0 saturated carbocycles. The number of anilines is 1. The second-order valence-electron chi connectivity index (χ2n) is 5.84. The predicted octanol–water partition coefficient (Wildman–Crippen LogP) is 4.06. The summed E-state index contributed by atoms with van der Waals surface area (Å²) < 4.78 is 4.52. The molecule has 0 aromatic heterocycles. The first-order valence-corrected chi connectivity index (χ1v) is 8.10. The molecular weight excluding hydrogens is 342 g/mol. The number of benzene rings is 2. The highest BCUT2D eigenvalue weighted by molar-refractivity contribution is 6.33. The SMILES string of the molecule is COC(=O)NNc1cc(C2=NOC(C)(c3ccccc3)C2)ccc1Cl. The van der Waals surface area contributed by atoms with Gasteiger partial charge in [-0.2, -0.15) is 0 Å². The monoisotopic (exact) mass is 359 g/mol. The Morgan fingerprint density at radius 2 is 2.04 bits per heavy atom. The first kappa shape index (κ1) is 17.1. The Bertz CT molecular complexity index is 810. The average molecular weight is 360 g/mol. The molecule has 0 spiro atoms. The lowest BCUT2D eigenvalue weighted by Gasteiger charge is -2.21. The van der Waals surface area contributed by atoms with E-state index in [1.165, 1.54) is 7.11 Å². The lowest BCUT2D eigenvalue weighted by atomic mass is 9.89. The van der Waals surface area contributed by atoms with Crippen molar-refractivity contribution < 1.29 is 14.4 Å². The third kappa shape index (κ3) is 3.69. The van der Waals surface area contributed by atoms with Crippen LogP contribution in [0, 0.1) is 0 Å². The first-order valence-electron chi connectivity index (χ1n) is 7.72. The van der Waals surface area contributed by atoms with E-state index in [1.54, 1.807) is 12.1 Å². The Labute approximate surface area is 150 Å². The van der Waals surface area contributed by atoms with Gasteiger partial charge in [0.15, 0.2) is 5.60 Å². The van der Waals surface area contributed by atoms with Gasteiger partial charge in [-0.3, -0.25) is 5.43 Å². The minimum Gasteiger partial charge on any atom is -0.452 e. The number of carbonyl (C=O) groups is 1. The van der Waals surface area contributed by atoms with Gasteiger partial charge in [0, 0.05) is 12.0 Å². The standard InChI is InChI=1S/C18H18ClN3O3/c1-18(13-6-4-3-5-7-13)11-16(22-25-18)12-8-9-14(19)15(10-12)20-21-17(23)24-2/h3-10,20H,11H2,1-2H3,(H,21,23). The van der Waals surface area contributed by atoms with Gasteiger partial charge in [-0.15, -0.1) is 0 Å². The number of hydrogen-bond acceptors (Lipinski definition) is 5. The fraction of sp³-hybridized carbons (Fsp3) is 0.222. The Morgan fingerprint density at radius 1 is 1.28 bits per heavy atom. The highest BCUT2D eigenvalue weighted by Gasteiger charge is 2.36. The molecule has 130 valence electrons. The summed E-state index contributed by atoms with van der Waals surface area (Å²) in [4.78, 5) is 16.9. The topological polar surface area (TPSA) is 72.0 Å². The van der Waals surface area contributed by atoms with Crippen LogP contribution in [0.5, 0.6) is 0 Å². The molecule has 0 fully saturated rings. The van der Waals surface area contributed by atoms with Crippen LogP contribution in [0.4, 0.5) is 10.5 Å². The molecule has 1 atom stereocenters. The molecule has 1 aliphatic rings. The third-order valence-electron chi connectivity index (χ3n) is 4.03. The summed E-state index contributed by atoms with van der Waals surface area (Å²) in [6, 6.07) is 15.4. The van der Waals surface area contributed by atoms with Gasteiger partial charge >= 0.3 is 6.09 Å². The van der Waals surface area contributed by atoms with Crippen LogP contribution in [-0.2, 0) is 15.2 Å². The molecule has 2 aromatic carbocycles. The number of ether oxygens (including phenoxy) is 1. The van der Waals surface area contributed by atoms with E-state index >= 15 is 0 Å². The van der Waals surface area contributed by atoms with Crippen LogP contribution in [0.1, 0.15) is 24.5 Å². The number of halogens is 1. The summed E-state index contributed by atoms with van der Waals surface area (Å²) >= 11 is 6.16. The van der Waals surface area contributed by atoms with Crippen LogP contribution in [-0.4, -0.2) is 18.9 Å². The predicted molar refractivity (Wildman–Crippen MR) is 96.6 cm³/mol. The van der Waals surface area contributed by atoms with E-state index in [9.17, 15) is 4.79 Å². The molecule has 1 amide bonds. The molecule has 1 aliphatic heterocycles. The smallest absolute Gasteiger partial charge is 0.425 e.